The molecule has 1 fully saturated rings. The van der Waals surface area contributed by atoms with Crippen LogP contribution in [0.5, 0.6) is 0 Å². The lowest BCUT2D eigenvalue weighted by Crippen LogP contribution is -2.31. The summed E-state index contributed by atoms with van der Waals surface area (Å²) >= 11 is 0. The van der Waals surface area contributed by atoms with Gasteiger partial charge in [-0.2, -0.15) is 0 Å². The Hall–Kier alpha value is -2.48. The molecule has 0 unspecified atom stereocenters. The highest BCUT2D eigenvalue weighted by atomic mass is 16.6. The highest BCUT2D eigenvalue weighted by Crippen LogP contribution is 2.30. The van der Waals surface area contributed by atoms with Gasteiger partial charge < -0.3 is 14.9 Å². The summed E-state index contributed by atoms with van der Waals surface area (Å²) in [6.45, 7) is 2.68. The van der Waals surface area contributed by atoms with Gasteiger partial charge in [0.15, 0.2) is 0 Å². The third kappa shape index (κ3) is 2.65. The number of nitro benzene ring substituents is 1. The molecule has 1 saturated heterocycles. The molecule has 2 aromatic rings. The number of fused-ring (bicyclic) bond motifs is 1. The van der Waals surface area contributed by atoms with Gasteiger partial charge in [-0.3, -0.25) is 19.7 Å². The Balaban J connectivity index is 2.25. The van der Waals surface area contributed by atoms with Crippen molar-refractivity contribution in [2.75, 3.05) is 13.6 Å². The van der Waals surface area contributed by atoms with Crippen molar-refractivity contribution < 1.29 is 4.92 Å². The van der Waals surface area contributed by atoms with E-state index in [9.17, 15) is 19.7 Å². The molecule has 1 aromatic carbocycles. The first kappa shape index (κ1) is 15.4. The number of likely N-dealkylation sites (N-methyl/N-ethyl adjacent to an activating group) is 1. The van der Waals surface area contributed by atoms with Crippen LogP contribution in [0.15, 0.2) is 15.7 Å². The topological polar surface area (TPSA) is 112 Å². The van der Waals surface area contributed by atoms with Crippen molar-refractivity contribution in [3.63, 3.8) is 0 Å². The Morgan fingerprint density at radius 2 is 2.04 bits per heavy atom. The second-order valence-electron chi connectivity index (χ2n) is 6.07. The molecule has 1 aromatic heterocycles. The summed E-state index contributed by atoms with van der Waals surface area (Å²) in [4.78, 5) is 41.3. The maximum atomic E-state index is 11.7. The van der Waals surface area contributed by atoms with Crippen LogP contribution < -0.4 is 11.1 Å². The molecular formula is C15H18N4O4. The van der Waals surface area contributed by atoms with Gasteiger partial charge in [-0.25, -0.2) is 0 Å². The van der Waals surface area contributed by atoms with Crippen LogP contribution in [0, 0.1) is 17.0 Å². The molecule has 2 N–H and O–H groups in total. The van der Waals surface area contributed by atoms with E-state index >= 15 is 0 Å². The number of hydrogen-bond acceptors (Lipinski definition) is 5. The number of rotatable bonds is 3. The highest BCUT2D eigenvalue weighted by Gasteiger charge is 2.26. The lowest BCUT2D eigenvalue weighted by molar-refractivity contribution is -0.385. The predicted octanol–water partition coefficient (Wildman–Crippen LogP) is 1.07. The Labute approximate surface area is 131 Å². The first-order valence-electron chi connectivity index (χ1n) is 7.52. The fourth-order valence-electron chi connectivity index (χ4n) is 3.33. The zero-order valence-electron chi connectivity index (χ0n) is 13.0. The standard InChI is InChI=1S/C15H18N4O4/c1-8-10(6-9-4-3-5-18(9)2)13-11(7-12(8)19(22)23)16-14(20)15(21)17-13/h7,9H,3-6H2,1-2H3,(H,16,20)(H,17,21)/t9-/m1/s1. The summed E-state index contributed by atoms with van der Waals surface area (Å²) in [6, 6.07) is 1.58. The molecule has 3 rings (SSSR count). The molecule has 122 valence electrons. The highest BCUT2D eigenvalue weighted by molar-refractivity contribution is 5.82. The summed E-state index contributed by atoms with van der Waals surface area (Å²) in [5, 5.41) is 11.3. The van der Waals surface area contributed by atoms with E-state index in [1.807, 2.05) is 7.05 Å². The number of nitrogens with zero attached hydrogens (tertiary/aromatic N) is 2. The minimum Gasteiger partial charge on any atom is -0.316 e. The molecule has 0 saturated carbocycles. The number of aromatic nitrogens is 2. The van der Waals surface area contributed by atoms with Gasteiger partial charge in [-0.05, 0) is 45.3 Å². The van der Waals surface area contributed by atoms with E-state index in [4.69, 9.17) is 0 Å². The maximum Gasteiger partial charge on any atom is 0.314 e. The van der Waals surface area contributed by atoms with Gasteiger partial charge in [0.25, 0.3) is 5.69 Å². The fraction of sp³-hybridized carbons (Fsp3) is 0.467. The van der Waals surface area contributed by atoms with Gasteiger partial charge in [0, 0.05) is 17.7 Å². The summed E-state index contributed by atoms with van der Waals surface area (Å²) in [5.41, 5.74) is 0.439. The van der Waals surface area contributed by atoms with Crippen molar-refractivity contribution in [2.24, 2.45) is 0 Å². The zero-order valence-corrected chi connectivity index (χ0v) is 13.0. The summed E-state index contributed by atoms with van der Waals surface area (Å²) in [6.07, 6.45) is 2.69. The zero-order chi connectivity index (χ0) is 16.7. The normalized spacial score (nSPS) is 18.6. The number of benzene rings is 1. The lowest BCUT2D eigenvalue weighted by Gasteiger charge is -2.21. The number of nitro groups is 1. The van der Waals surface area contributed by atoms with Crippen LogP contribution in [-0.4, -0.2) is 39.4 Å². The van der Waals surface area contributed by atoms with Gasteiger partial charge in [-0.15, -0.1) is 0 Å². The molecule has 1 atom stereocenters. The molecule has 8 nitrogen and oxygen atoms in total. The first-order valence-corrected chi connectivity index (χ1v) is 7.52. The van der Waals surface area contributed by atoms with E-state index in [1.165, 1.54) is 6.07 Å². The molecule has 0 radical (unpaired) electrons. The lowest BCUT2D eigenvalue weighted by atomic mass is 9.96. The van der Waals surface area contributed by atoms with Crippen LogP contribution in [0.1, 0.15) is 24.0 Å². The predicted molar refractivity (Wildman–Crippen MR) is 85.9 cm³/mol. The van der Waals surface area contributed by atoms with E-state index in [0.29, 0.717) is 23.0 Å². The quantitative estimate of drug-likeness (QED) is 0.499. The van der Waals surface area contributed by atoms with Crippen LogP contribution in [0.4, 0.5) is 5.69 Å². The van der Waals surface area contributed by atoms with Crippen LogP contribution in [-0.2, 0) is 6.42 Å². The van der Waals surface area contributed by atoms with Gasteiger partial charge >= 0.3 is 11.1 Å². The molecule has 8 heteroatoms. The number of hydrogen-bond donors (Lipinski definition) is 2. The van der Waals surface area contributed by atoms with Crippen LogP contribution in [0.3, 0.4) is 0 Å². The van der Waals surface area contributed by atoms with Crippen molar-refractivity contribution in [1.29, 1.82) is 0 Å². The van der Waals surface area contributed by atoms with Gasteiger partial charge in [0.1, 0.15) is 0 Å². The van der Waals surface area contributed by atoms with E-state index < -0.39 is 16.0 Å². The van der Waals surface area contributed by atoms with Crippen molar-refractivity contribution in [3.8, 4) is 0 Å². The second-order valence-corrected chi connectivity index (χ2v) is 6.07. The third-order valence-corrected chi connectivity index (χ3v) is 4.69. The molecule has 0 spiro atoms. The van der Waals surface area contributed by atoms with E-state index in [-0.39, 0.29) is 11.7 Å². The van der Waals surface area contributed by atoms with E-state index in [2.05, 4.69) is 14.9 Å². The Bertz CT molecular complexity index is 899. The molecule has 1 aliphatic rings. The van der Waals surface area contributed by atoms with Gasteiger partial charge in [0.2, 0.25) is 0 Å². The molecule has 0 amide bonds. The number of nitrogens with one attached hydrogen (secondary N) is 2. The Morgan fingerprint density at radius 1 is 1.35 bits per heavy atom. The summed E-state index contributed by atoms with van der Waals surface area (Å²) in [7, 11) is 2.02. The smallest absolute Gasteiger partial charge is 0.314 e. The van der Waals surface area contributed by atoms with E-state index in [1.54, 1.807) is 6.92 Å². The minimum atomic E-state index is -0.806. The molecular weight excluding hydrogens is 300 g/mol. The largest absolute Gasteiger partial charge is 0.316 e. The molecule has 2 heterocycles. The van der Waals surface area contributed by atoms with Crippen molar-refractivity contribution in [2.45, 2.75) is 32.2 Å². The van der Waals surface area contributed by atoms with E-state index in [0.717, 1.165) is 24.9 Å². The molecule has 23 heavy (non-hydrogen) atoms. The van der Waals surface area contributed by atoms with Crippen LogP contribution in [0.25, 0.3) is 11.0 Å². The number of H-pyrrole nitrogens is 2. The first-order chi connectivity index (χ1) is 10.9. The van der Waals surface area contributed by atoms with Crippen molar-refractivity contribution in [3.05, 3.63) is 48.0 Å². The van der Waals surface area contributed by atoms with Crippen molar-refractivity contribution in [1.82, 2.24) is 14.9 Å². The summed E-state index contributed by atoms with van der Waals surface area (Å²) < 4.78 is 0. The van der Waals surface area contributed by atoms with Crippen molar-refractivity contribution >= 4 is 16.7 Å². The number of likely N-dealkylation sites (tertiary alicyclic amines) is 1. The molecule has 0 aliphatic carbocycles. The fourth-order valence-corrected chi connectivity index (χ4v) is 3.33. The third-order valence-electron chi connectivity index (χ3n) is 4.69. The van der Waals surface area contributed by atoms with Gasteiger partial charge in [-0.1, -0.05) is 0 Å². The van der Waals surface area contributed by atoms with Gasteiger partial charge in [0.05, 0.1) is 16.0 Å². The monoisotopic (exact) mass is 318 g/mol. The molecule has 0 bridgehead atoms. The average molecular weight is 318 g/mol. The molecule has 1 aliphatic heterocycles. The SMILES string of the molecule is Cc1c([N+](=O)[O-])cc2[nH]c(=O)c(=O)[nH]c2c1C[C@H]1CCCN1C. The maximum absolute atomic E-state index is 11.7. The summed E-state index contributed by atoms with van der Waals surface area (Å²) in [5.74, 6) is 0. The minimum absolute atomic E-state index is 0.0455. The van der Waals surface area contributed by atoms with Crippen LogP contribution in [0.2, 0.25) is 0 Å². The Morgan fingerprint density at radius 3 is 2.65 bits per heavy atom. The van der Waals surface area contributed by atoms with Crippen LogP contribution >= 0.6 is 0 Å². The Kier molecular flexibility index (Phi) is 3.77. The second kappa shape index (κ2) is 5.62. The average Bonchev–Trinajstić information content (AvgIpc) is 2.89. The number of aromatic amines is 2.